The lowest BCUT2D eigenvalue weighted by atomic mass is 9.99. The van der Waals surface area contributed by atoms with Crippen molar-refractivity contribution in [3.05, 3.63) is 0 Å². The average molecular weight is 1350 g/mol. The predicted octanol–water partition coefficient (Wildman–Crippen LogP) is 21.0. The number of carbonyl (C=O) groups excluding carboxylic acids is 4. The maximum absolute atomic E-state index is 13.1. The molecule has 0 aromatic carbocycles. The van der Waals surface area contributed by atoms with Gasteiger partial charge in [0.05, 0.1) is 26.4 Å². The number of phosphoric ester groups is 2. The summed E-state index contributed by atoms with van der Waals surface area (Å²) in [5, 5.41) is 10.6. The molecule has 0 radical (unpaired) electrons. The van der Waals surface area contributed by atoms with Crippen LogP contribution in [-0.4, -0.2) is 96.7 Å². The molecule has 17 nitrogen and oxygen atoms in total. The Morgan fingerprint density at radius 3 is 0.826 bits per heavy atom. The summed E-state index contributed by atoms with van der Waals surface area (Å²) in [5.41, 5.74) is 0. The number of hydrogen-bond donors (Lipinski definition) is 3. The molecule has 0 fully saturated rings. The number of aliphatic hydroxyl groups is 1. The van der Waals surface area contributed by atoms with E-state index < -0.39 is 97.5 Å². The van der Waals surface area contributed by atoms with Crippen LogP contribution in [0.2, 0.25) is 0 Å². The van der Waals surface area contributed by atoms with Crippen molar-refractivity contribution in [3.8, 4) is 0 Å². The van der Waals surface area contributed by atoms with Crippen LogP contribution < -0.4 is 0 Å². The monoisotopic (exact) mass is 1350 g/mol. The Labute approximate surface area is 562 Å². The molecule has 0 aliphatic carbocycles. The molecule has 0 aliphatic heterocycles. The highest BCUT2D eigenvalue weighted by Crippen LogP contribution is 2.45. The molecule has 19 heteroatoms. The van der Waals surface area contributed by atoms with E-state index in [1.807, 2.05) is 0 Å². The summed E-state index contributed by atoms with van der Waals surface area (Å²) in [7, 11) is -9.91. The molecule has 0 rings (SSSR count). The highest BCUT2D eigenvalue weighted by atomic mass is 31.2. The second-order valence-electron chi connectivity index (χ2n) is 27.5. The highest BCUT2D eigenvalue weighted by molar-refractivity contribution is 7.47. The van der Waals surface area contributed by atoms with Gasteiger partial charge < -0.3 is 33.8 Å². The van der Waals surface area contributed by atoms with Gasteiger partial charge in [0.1, 0.15) is 19.3 Å². The molecule has 0 amide bonds. The molecule has 0 aromatic rings. The van der Waals surface area contributed by atoms with Gasteiger partial charge >= 0.3 is 39.5 Å². The Balaban J connectivity index is 5.26. The predicted molar refractivity (Wildman–Crippen MR) is 372 cm³/mol. The summed E-state index contributed by atoms with van der Waals surface area (Å²) < 4.78 is 68.4. The van der Waals surface area contributed by atoms with Crippen LogP contribution in [0.25, 0.3) is 0 Å². The Hall–Kier alpha value is -1.94. The fourth-order valence-electron chi connectivity index (χ4n) is 11.0. The van der Waals surface area contributed by atoms with Crippen LogP contribution in [0.4, 0.5) is 0 Å². The minimum absolute atomic E-state index is 0.106. The maximum Gasteiger partial charge on any atom is 0.472 e. The molecule has 0 bridgehead atoms. The quantitative estimate of drug-likeness (QED) is 0.0222. The molecular weight excluding hydrogens is 1210 g/mol. The van der Waals surface area contributed by atoms with E-state index in [4.69, 9.17) is 37.0 Å². The second kappa shape index (κ2) is 63.8. The summed E-state index contributed by atoms with van der Waals surface area (Å²) in [5.74, 6) is 0.170. The van der Waals surface area contributed by atoms with Crippen molar-refractivity contribution in [3.63, 3.8) is 0 Å². The molecule has 0 saturated heterocycles. The van der Waals surface area contributed by atoms with E-state index in [2.05, 4.69) is 48.5 Å². The third kappa shape index (κ3) is 65.4. The molecule has 546 valence electrons. The summed E-state index contributed by atoms with van der Waals surface area (Å²) in [4.78, 5) is 72.7. The van der Waals surface area contributed by atoms with E-state index in [1.165, 1.54) is 173 Å². The fraction of sp³-hybridized carbons (Fsp3) is 0.945. The number of hydrogen-bond acceptors (Lipinski definition) is 15. The number of phosphoric acid groups is 2. The lowest BCUT2D eigenvalue weighted by Gasteiger charge is -2.21. The SMILES string of the molecule is CCCCCCCCCCCCCCCC(=O)O[C@H](COC(=O)CCCCCCCCCC(C)C)COP(=O)(O)OC[C@H](O)COP(=O)(O)OC[C@@H](COC(=O)CCCCCCCCCCCCC(C)CC)OC(=O)CCCCCCCCCCCCCCC(C)C. The Bertz CT molecular complexity index is 1800. The zero-order valence-electron chi connectivity index (χ0n) is 60.0. The zero-order valence-corrected chi connectivity index (χ0v) is 61.8. The summed E-state index contributed by atoms with van der Waals surface area (Å²) in [6.07, 6.45) is 48.4. The van der Waals surface area contributed by atoms with Gasteiger partial charge in [0, 0.05) is 25.7 Å². The number of rotatable bonds is 71. The number of carbonyl (C=O) groups is 4. The first-order valence-corrected chi connectivity index (χ1v) is 40.9. The van der Waals surface area contributed by atoms with Crippen molar-refractivity contribution in [1.82, 2.24) is 0 Å². The van der Waals surface area contributed by atoms with Crippen molar-refractivity contribution in [2.75, 3.05) is 39.6 Å². The number of esters is 4. The number of unbranched alkanes of at least 4 members (excludes halogenated alkanes) is 38. The molecular formula is C73H142O17P2. The molecule has 92 heavy (non-hydrogen) atoms. The normalized spacial score (nSPS) is 14.4. The van der Waals surface area contributed by atoms with Crippen LogP contribution in [0.3, 0.4) is 0 Å². The summed E-state index contributed by atoms with van der Waals surface area (Å²) >= 11 is 0. The minimum atomic E-state index is -4.96. The number of aliphatic hydroxyl groups excluding tert-OH is 1. The van der Waals surface area contributed by atoms with Gasteiger partial charge in [-0.3, -0.25) is 37.3 Å². The minimum Gasteiger partial charge on any atom is -0.462 e. The summed E-state index contributed by atoms with van der Waals surface area (Å²) in [6, 6.07) is 0. The van der Waals surface area contributed by atoms with Gasteiger partial charge in [0.15, 0.2) is 12.2 Å². The second-order valence-corrected chi connectivity index (χ2v) is 30.4. The van der Waals surface area contributed by atoms with Gasteiger partial charge in [0.25, 0.3) is 0 Å². The average Bonchev–Trinajstić information content (AvgIpc) is 1.54. The Kier molecular flexibility index (Phi) is 62.4. The van der Waals surface area contributed by atoms with Crippen molar-refractivity contribution in [2.45, 2.75) is 388 Å². The van der Waals surface area contributed by atoms with Crippen LogP contribution in [0, 0.1) is 17.8 Å². The van der Waals surface area contributed by atoms with Crippen LogP contribution in [0.5, 0.6) is 0 Å². The van der Waals surface area contributed by atoms with Crippen molar-refractivity contribution >= 4 is 39.5 Å². The van der Waals surface area contributed by atoms with E-state index in [0.29, 0.717) is 31.6 Å². The van der Waals surface area contributed by atoms with Gasteiger partial charge in [0.2, 0.25) is 0 Å². The van der Waals surface area contributed by atoms with E-state index in [0.717, 1.165) is 108 Å². The highest BCUT2D eigenvalue weighted by Gasteiger charge is 2.30. The zero-order chi connectivity index (χ0) is 68.0. The molecule has 0 heterocycles. The van der Waals surface area contributed by atoms with E-state index in [1.54, 1.807) is 0 Å². The van der Waals surface area contributed by atoms with Gasteiger partial charge in [-0.15, -0.1) is 0 Å². The molecule has 6 atom stereocenters. The number of ether oxygens (including phenoxy) is 4. The van der Waals surface area contributed by atoms with Gasteiger partial charge in [-0.2, -0.15) is 0 Å². The third-order valence-electron chi connectivity index (χ3n) is 17.2. The molecule has 0 spiro atoms. The van der Waals surface area contributed by atoms with E-state index in [9.17, 15) is 43.2 Å². The standard InChI is InChI=1S/C73H142O17P2/c1-8-10-11-12-13-14-15-16-20-27-34-42-49-56-72(77)90-69(61-84-71(76)55-48-41-36-29-31-38-45-52-65(5)6)63-88-92(81,82)86-59-67(74)58-85-91(79,80)87-62-68(60-83-70(75)54-47-40-33-26-23-22-25-32-39-46-53-66(7)9-2)89-73(78)57-50-43-35-28-21-18-17-19-24-30-37-44-51-64(3)4/h64-69,74H,8-63H2,1-7H3,(H,79,80)(H,81,82)/t66?,67-,68-,69-/m1/s1. The molecule has 0 aromatic heterocycles. The molecule has 3 unspecified atom stereocenters. The Morgan fingerprint density at radius 1 is 0.315 bits per heavy atom. The molecule has 3 N–H and O–H groups in total. The molecule has 0 saturated carbocycles. The van der Waals surface area contributed by atoms with Gasteiger partial charge in [-0.05, 0) is 43.4 Å². The van der Waals surface area contributed by atoms with Crippen molar-refractivity contribution < 1.29 is 80.2 Å². The van der Waals surface area contributed by atoms with E-state index in [-0.39, 0.29) is 25.7 Å². The fourth-order valence-corrected chi connectivity index (χ4v) is 12.6. The van der Waals surface area contributed by atoms with Crippen LogP contribution in [0.1, 0.15) is 370 Å². The van der Waals surface area contributed by atoms with Crippen molar-refractivity contribution in [1.29, 1.82) is 0 Å². The topological polar surface area (TPSA) is 237 Å². The smallest absolute Gasteiger partial charge is 0.462 e. The Morgan fingerprint density at radius 2 is 0.554 bits per heavy atom. The maximum atomic E-state index is 13.1. The van der Waals surface area contributed by atoms with Gasteiger partial charge in [-0.1, -0.05) is 318 Å². The van der Waals surface area contributed by atoms with E-state index >= 15 is 0 Å². The summed E-state index contributed by atoms with van der Waals surface area (Å²) in [6.45, 7) is 11.9. The molecule has 0 aliphatic rings. The van der Waals surface area contributed by atoms with Gasteiger partial charge in [-0.25, -0.2) is 9.13 Å². The first-order valence-electron chi connectivity index (χ1n) is 37.9. The first-order chi connectivity index (χ1) is 44.3. The third-order valence-corrected chi connectivity index (χ3v) is 19.1. The van der Waals surface area contributed by atoms with Crippen molar-refractivity contribution in [2.24, 2.45) is 17.8 Å². The first kappa shape index (κ1) is 90.1. The lowest BCUT2D eigenvalue weighted by molar-refractivity contribution is -0.161. The lowest BCUT2D eigenvalue weighted by Crippen LogP contribution is -2.30. The largest absolute Gasteiger partial charge is 0.472 e. The van der Waals surface area contributed by atoms with Crippen LogP contribution >= 0.6 is 15.6 Å². The van der Waals surface area contributed by atoms with Crippen LogP contribution in [0.15, 0.2) is 0 Å². The van der Waals surface area contributed by atoms with Crippen LogP contribution in [-0.2, 0) is 65.4 Å².